The summed E-state index contributed by atoms with van der Waals surface area (Å²) in [5, 5.41) is 0. The third-order valence-electron chi connectivity index (χ3n) is 1.36. The van der Waals surface area contributed by atoms with Crippen molar-refractivity contribution in [2.45, 2.75) is 18.7 Å². The zero-order chi connectivity index (χ0) is 9.14. The molecule has 0 saturated heterocycles. The molecule has 0 bridgehead atoms. The second-order valence-electron chi connectivity index (χ2n) is 2.30. The fourth-order valence-electron chi connectivity index (χ4n) is 0.907. The zero-order valence-electron chi connectivity index (χ0n) is 6.93. The highest BCUT2D eigenvalue weighted by Crippen LogP contribution is 2.13. The average Bonchev–Trinajstić information content (AvgIpc) is 1.96. The first-order chi connectivity index (χ1) is 5.65. The Bertz CT molecular complexity index is 380. The van der Waals surface area contributed by atoms with Crippen LogP contribution < -0.4 is 11.2 Å². The Kier molecular flexibility index (Phi) is 2.75. The molecule has 1 rings (SSSR count). The van der Waals surface area contributed by atoms with Gasteiger partial charge in [-0.15, -0.1) is 11.8 Å². The Balaban J connectivity index is 3.29. The van der Waals surface area contributed by atoms with Crippen LogP contribution >= 0.6 is 11.8 Å². The van der Waals surface area contributed by atoms with E-state index in [1.54, 1.807) is 6.92 Å². The maximum atomic E-state index is 11.2. The lowest BCUT2D eigenvalue weighted by atomic mass is 10.4. The number of aromatic nitrogens is 2. The molecule has 0 aliphatic heterocycles. The lowest BCUT2D eigenvalue weighted by Gasteiger charge is -1.99. The highest BCUT2D eigenvalue weighted by Gasteiger charge is 2.03. The maximum absolute atomic E-state index is 11.2. The molecule has 0 aromatic carbocycles. The predicted molar refractivity (Wildman–Crippen MR) is 48.8 cm³/mol. The molecule has 0 spiro atoms. The van der Waals surface area contributed by atoms with Crippen molar-refractivity contribution >= 4 is 11.8 Å². The molecule has 0 radical (unpaired) electrons. The highest BCUT2D eigenvalue weighted by molar-refractivity contribution is 7.99. The first-order valence-corrected chi connectivity index (χ1v) is 4.59. The van der Waals surface area contributed by atoms with Crippen LogP contribution in [0.1, 0.15) is 12.6 Å². The molecule has 0 aliphatic carbocycles. The summed E-state index contributed by atoms with van der Waals surface area (Å²) in [5.41, 5.74) is -0.114. The van der Waals surface area contributed by atoms with E-state index in [2.05, 4.69) is 9.97 Å². The Morgan fingerprint density at radius 3 is 2.50 bits per heavy atom. The van der Waals surface area contributed by atoms with Gasteiger partial charge in [-0.3, -0.25) is 9.78 Å². The van der Waals surface area contributed by atoms with Crippen LogP contribution in [-0.4, -0.2) is 15.7 Å². The van der Waals surface area contributed by atoms with Gasteiger partial charge in [-0.25, -0.2) is 4.79 Å². The molecule has 12 heavy (non-hydrogen) atoms. The number of rotatable bonds is 2. The van der Waals surface area contributed by atoms with Gasteiger partial charge in [0.05, 0.1) is 4.90 Å². The average molecular weight is 186 g/mol. The van der Waals surface area contributed by atoms with Gasteiger partial charge in [-0.05, 0) is 12.7 Å². The number of thioether (sulfide) groups is 1. The Hall–Kier alpha value is -0.970. The van der Waals surface area contributed by atoms with E-state index in [1.807, 2.05) is 6.92 Å². The van der Waals surface area contributed by atoms with Crippen molar-refractivity contribution < 1.29 is 0 Å². The minimum absolute atomic E-state index is 0.303. The van der Waals surface area contributed by atoms with Crippen molar-refractivity contribution in [3.8, 4) is 0 Å². The lowest BCUT2D eigenvalue weighted by molar-refractivity contribution is 0.929. The molecule has 1 heterocycles. The summed E-state index contributed by atoms with van der Waals surface area (Å²) < 4.78 is 0. The van der Waals surface area contributed by atoms with E-state index in [0.29, 0.717) is 10.6 Å². The molecule has 66 valence electrons. The molecular formula is C7H10N2O2S. The van der Waals surface area contributed by atoms with Crippen LogP contribution in [0.25, 0.3) is 0 Å². The fourth-order valence-corrected chi connectivity index (χ4v) is 1.64. The Morgan fingerprint density at radius 2 is 2.00 bits per heavy atom. The van der Waals surface area contributed by atoms with Crippen LogP contribution in [0.4, 0.5) is 0 Å². The first kappa shape index (κ1) is 9.12. The van der Waals surface area contributed by atoms with Gasteiger partial charge >= 0.3 is 5.69 Å². The minimum Gasteiger partial charge on any atom is -0.310 e. The van der Waals surface area contributed by atoms with Gasteiger partial charge in [0.1, 0.15) is 0 Å². The number of hydrogen-bond acceptors (Lipinski definition) is 3. The molecule has 1 aromatic rings. The quantitative estimate of drug-likeness (QED) is 0.660. The second kappa shape index (κ2) is 3.62. The van der Waals surface area contributed by atoms with E-state index in [9.17, 15) is 9.59 Å². The van der Waals surface area contributed by atoms with E-state index < -0.39 is 5.69 Å². The summed E-state index contributed by atoms with van der Waals surface area (Å²) in [4.78, 5) is 27.2. The summed E-state index contributed by atoms with van der Waals surface area (Å²) >= 11 is 1.42. The van der Waals surface area contributed by atoms with E-state index in [-0.39, 0.29) is 5.56 Å². The van der Waals surface area contributed by atoms with Crippen molar-refractivity contribution in [2.24, 2.45) is 0 Å². The minimum atomic E-state index is -0.446. The standard InChI is InChI=1S/C7H10N2O2S/c1-3-12-5-4(2)8-7(11)9-6(5)10/h3H2,1-2H3,(H2,8,9,10,11). The van der Waals surface area contributed by atoms with Gasteiger partial charge in [0.15, 0.2) is 0 Å². The molecule has 4 nitrogen and oxygen atoms in total. The third-order valence-corrected chi connectivity index (χ3v) is 2.43. The number of aryl methyl sites for hydroxylation is 1. The van der Waals surface area contributed by atoms with Crippen LogP contribution in [-0.2, 0) is 0 Å². The van der Waals surface area contributed by atoms with Crippen molar-refractivity contribution in [3.63, 3.8) is 0 Å². The van der Waals surface area contributed by atoms with Gasteiger partial charge in [-0.1, -0.05) is 6.92 Å². The zero-order valence-corrected chi connectivity index (χ0v) is 7.75. The Labute approximate surface area is 73.4 Å². The summed E-state index contributed by atoms with van der Waals surface area (Å²) in [6.45, 7) is 3.67. The molecule has 0 fully saturated rings. The van der Waals surface area contributed by atoms with Crippen LogP contribution in [0.5, 0.6) is 0 Å². The molecule has 0 unspecified atom stereocenters. The second-order valence-corrected chi connectivity index (χ2v) is 3.57. The van der Waals surface area contributed by atoms with Crippen molar-refractivity contribution in [1.29, 1.82) is 0 Å². The van der Waals surface area contributed by atoms with Crippen LogP contribution in [0.3, 0.4) is 0 Å². The predicted octanol–water partition coefficient (Wildman–Crippen LogP) is 0.484. The van der Waals surface area contributed by atoms with Gasteiger partial charge in [-0.2, -0.15) is 0 Å². The summed E-state index contributed by atoms with van der Waals surface area (Å²) in [5.74, 6) is 0.815. The Morgan fingerprint density at radius 1 is 1.33 bits per heavy atom. The van der Waals surface area contributed by atoms with Crippen LogP contribution in [0, 0.1) is 6.92 Å². The molecule has 0 amide bonds. The van der Waals surface area contributed by atoms with E-state index in [0.717, 1.165) is 5.75 Å². The lowest BCUT2D eigenvalue weighted by Crippen LogP contribution is -2.24. The van der Waals surface area contributed by atoms with Gasteiger partial charge < -0.3 is 4.98 Å². The molecule has 5 heteroatoms. The molecule has 0 aliphatic rings. The maximum Gasteiger partial charge on any atom is 0.325 e. The topological polar surface area (TPSA) is 65.7 Å². The number of aromatic amines is 2. The molecule has 1 aromatic heterocycles. The summed E-state index contributed by atoms with van der Waals surface area (Å²) in [7, 11) is 0. The smallest absolute Gasteiger partial charge is 0.310 e. The van der Waals surface area contributed by atoms with Crippen LogP contribution in [0.2, 0.25) is 0 Å². The fraction of sp³-hybridized carbons (Fsp3) is 0.429. The number of nitrogens with one attached hydrogen (secondary N) is 2. The monoisotopic (exact) mass is 186 g/mol. The third kappa shape index (κ3) is 1.79. The van der Waals surface area contributed by atoms with E-state index >= 15 is 0 Å². The van der Waals surface area contributed by atoms with E-state index in [4.69, 9.17) is 0 Å². The normalized spacial score (nSPS) is 10.2. The van der Waals surface area contributed by atoms with Crippen molar-refractivity contribution in [2.75, 3.05) is 5.75 Å². The van der Waals surface area contributed by atoms with Gasteiger partial charge in [0, 0.05) is 5.69 Å². The summed E-state index contributed by atoms with van der Waals surface area (Å²) in [6.07, 6.45) is 0. The van der Waals surface area contributed by atoms with Gasteiger partial charge in [0.2, 0.25) is 0 Å². The molecule has 0 saturated carbocycles. The summed E-state index contributed by atoms with van der Waals surface area (Å²) in [6, 6.07) is 0. The number of H-pyrrole nitrogens is 2. The number of hydrogen-bond donors (Lipinski definition) is 2. The van der Waals surface area contributed by atoms with Crippen molar-refractivity contribution in [1.82, 2.24) is 9.97 Å². The SMILES string of the molecule is CCSc1c(C)[nH]c(=O)[nH]c1=O. The van der Waals surface area contributed by atoms with Crippen LogP contribution in [0.15, 0.2) is 14.5 Å². The largest absolute Gasteiger partial charge is 0.325 e. The highest BCUT2D eigenvalue weighted by atomic mass is 32.2. The molecular weight excluding hydrogens is 176 g/mol. The first-order valence-electron chi connectivity index (χ1n) is 3.61. The molecule has 0 atom stereocenters. The molecule has 2 N–H and O–H groups in total. The van der Waals surface area contributed by atoms with Crippen molar-refractivity contribution in [3.05, 3.63) is 26.5 Å². The van der Waals surface area contributed by atoms with Gasteiger partial charge in [0.25, 0.3) is 5.56 Å². The van der Waals surface area contributed by atoms with E-state index in [1.165, 1.54) is 11.8 Å².